The Morgan fingerprint density at radius 2 is 2.05 bits per heavy atom. The normalized spacial score (nSPS) is 14.8. The van der Waals surface area contributed by atoms with Crippen LogP contribution in [0.15, 0.2) is 40.9 Å². The zero-order valence-electron chi connectivity index (χ0n) is 11.4. The van der Waals surface area contributed by atoms with Crippen LogP contribution in [0.5, 0.6) is 5.75 Å². The summed E-state index contributed by atoms with van der Waals surface area (Å²) in [5.41, 5.74) is 4.16. The van der Waals surface area contributed by atoms with Gasteiger partial charge in [-0.05, 0) is 35.2 Å². The summed E-state index contributed by atoms with van der Waals surface area (Å²) in [7, 11) is 0. The monoisotopic (exact) mass is 332 g/mol. The summed E-state index contributed by atoms with van der Waals surface area (Å²) in [6.07, 6.45) is 1.17. The minimum Gasteiger partial charge on any atom is -0.493 e. The number of aliphatic hydroxyl groups excluding tert-OH is 1. The van der Waals surface area contributed by atoms with E-state index in [1.54, 1.807) is 0 Å². The lowest BCUT2D eigenvalue weighted by Crippen LogP contribution is -2.05. The number of rotatable bonds is 3. The first kappa shape index (κ1) is 13.7. The van der Waals surface area contributed by atoms with E-state index in [0.29, 0.717) is 6.61 Å². The van der Waals surface area contributed by atoms with Crippen molar-refractivity contribution in [2.45, 2.75) is 25.9 Å². The third-order valence-corrected chi connectivity index (χ3v) is 4.26. The van der Waals surface area contributed by atoms with Gasteiger partial charge in [0.15, 0.2) is 0 Å². The standard InChI is InChI=1S/C17H17BrO2/c1-2-11-5-3-4-6-14(11)16(19)15-10-13(18)9-12-7-8-20-17(12)15/h3-6,9-10,16,19H,2,7-8H2,1H3. The van der Waals surface area contributed by atoms with Crippen molar-refractivity contribution in [1.29, 1.82) is 0 Å². The lowest BCUT2D eigenvalue weighted by Gasteiger charge is -2.18. The van der Waals surface area contributed by atoms with E-state index in [-0.39, 0.29) is 0 Å². The molecule has 1 heterocycles. The summed E-state index contributed by atoms with van der Waals surface area (Å²) in [4.78, 5) is 0. The fraction of sp³-hybridized carbons (Fsp3) is 0.294. The molecule has 2 nitrogen and oxygen atoms in total. The molecular formula is C17H17BrO2. The highest BCUT2D eigenvalue weighted by Crippen LogP contribution is 2.39. The predicted molar refractivity (Wildman–Crippen MR) is 83.2 cm³/mol. The maximum Gasteiger partial charge on any atom is 0.128 e. The van der Waals surface area contributed by atoms with Crippen molar-refractivity contribution in [3.63, 3.8) is 0 Å². The van der Waals surface area contributed by atoms with Gasteiger partial charge in [0.05, 0.1) is 6.61 Å². The number of hydrogen-bond acceptors (Lipinski definition) is 2. The Labute approximate surface area is 127 Å². The van der Waals surface area contributed by atoms with Crippen molar-refractivity contribution in [3.05, 3.63) is 63.1 Å². The molecule has 0 fully saturated rings. The van der Waals surface area contributed by atoms with E-state index < -0.39 is 6.10 Å². The van der Waals surface area contributed by atoms with Crippen LogP contribution in [0.25, 0.3) is 0 Å². The van der Waals surface area contributed by atoms with E-state index in [1.807, 2.05) is 24.3 Å². The van der Waals surface area contributed by atoms with Crippen molar-refractivity contribution < 1.29 is 9.84 Å². The minimum atomic E-state index is -0.643. The van der Waals surface area contributed by atoms with Crippen molar-refractivity contribution >= 4 is 15.9 Å². The second-order valence-corrected chi connectivity index (χ2v) is 5.95. The summed E-state index contributed by atoms with van der Waals surface area (Å²) in [5, 5.41) is 10.8. The molecule has 2 aromatic rings. The predicted octanol–water partition coefficient (Wildman–Crippen LogP) is 4.03. The quantitative estimate of drug-likeness (QED) is 0.919. The molecule has 0 spiro atoms. The highest BCUT2D eigenvalue weighted by Gasteiger charge is 2.24. The average molecular weight is 333 g/mol. The van der Waals surface area contributed by atoms with Gasteiger partial charge < -0.3 is 9.84 Å². The lowest BCUT2D eigenvalue weighted by molar-refractivity contribution is 0.212. The van der Waals surface area contributed by atoms with Gasteiger partial charge in [-0.15, -0.1) is 0 Å². The van der Waals surface area contributed by atoms with Crippen molar-refractivity contribution in [1.82, 2.24) is 0 Å². The molecule has 20 heavy (non-hydrogen) atoms. The number of hydrogen-bond donors (Lipinski definition) is 1. The molecule has 0 saturated heterocycles. The zero-order valence-corrected chi connectivity index (χ0v) is 13.0. The molecule has 0 bridgehead atoms. The first-order valence-corrected chi connectivity index (χ1v) is 7.71. The third-order valence-electron chi connectivity index (χ3n) is 3.80. The van der Waals surface area contributed by atoms with E-state index in [0.717, 1.165) is 34.2 Å². The van der Waals surface area contributed by atoms with Gasteiger partial charge in [0.25, 0.3) is 0 Å². The summed E-state index contributed by atoms with van der Waals surface area (Å²) >= 11 is 3.53. The van der Waals surface area contributed by atoms with Gasteiger partial charge in [0.1, 0.15) is 11.9 Å². The van der Waals surface area contributed by atoms with E-state index in [1.165, 1.54) is 11.1 Å². The van der Waals surface area contributed by atoms with Gasteiger partial charge in [-0.3, -0.25) is 0 Å². The Morgan fingerprint density at radius 1 is 1.25 bits per heavy atom. The van der Waals surface area contributed by atoms with Crippen LogP contribution in [0.3, 0.4) is 0 Å². The van der Waals surface area contributed by atoms with Crippen LogP contribution in [-0.4, -0.2) is 11.7 Å². The van der Waals surface area contributed by atoms with Gasteiger partial charge in [-0.1, -0.05) is 47.1 Å². The highest BCUT2D eigenvalue weighted by atomic mass is 79.9. The van der Waals surface area contributed by atoms with Crippen LogP contribution in [-0.2, 0) is 12.8 Å². The lowest BCUT2D eigenvalue weighted by atomic mass is 9.94. The fourth-order valence-electron chi connectivity index (χ4n) is 2.79. The summed E-state index contributed by atoms with van der Waals surface area (Å²) in [6, 6.07) is 12.1. The number of aryl methyl sites for hydroxylation is 1. The third kappa shape index (κ3) is 2.36. The van der Waals surface area contributed by atoms with Crippen LogP contribution in [0, 0.1) is 0 Å². The van der Waals surface area contributed by atoms with Gasteiger partial charge in [-0.2, -0.15) is 0 Å². The highest BCUT2D eigenvalue weighted by molar-refractivity contribution is 9.10. The van der Waals surface area contributed by atoms with Gasteiger partial charge in [0, 0.05) is 16.5 Å². The minimum absolute atomic E-state index is 0.643. The molecule has 1 N–H and O–H groups in total. The van der Waals surface area contributed by atoms with Crippen LogP contribution < -0.4 is 4.74 Å². The molecule has 1 aliphatic rings. The Kier molecular flexibility index (Phi) is 3.81. The molecule has 0 aliphatic carbocycles. The zero-order chi connectivity index (χ0) is 14.1. The second kappa shape index (κ2) is 5.58. The van der Waals surface area contributed by atoms with Crippen LogP contribution in [0.1, 0.15) is 35.3 Å². The molecule has 1 aliphatic heterocycles. The van der Waals surface area contributed by atoms with Crippen molar-refractivity contribution in [3.8, 4) is 5.75 Å². The SMILES string of the molecule is CCc1ccccc1C(O)c1cc(Br)cc2c1OCC2. The number of halogens is 1. The molecule has 104 valence electrons. The van der Waals surface area contributed by atoms with Crippen LogP contribution in [0.4, 0.5) is 0 Å². The fourth-order valence-corrected chi connectivity index (χ4v) is 3.31. The molecule has 3 rings (SSSR count). The molecule has 1 atom stereocenters. The Hall–Kier alpha value is -1.32. The number of aliphatic hydroxyl groups is 1. The number of benzene rings is 2. The van der Waals surface area contributed by atoms with Crippen molar-refractivity contribution in [2.75, 3.05) is 6.61 Å². The molecule has 2 aromatic carbocycles. The summed E-state index contributed by atoms with van der Waals surface area (Å²) in [6.45, 7) is 2.80. The molecule has 0 amide bonds. The number of ether oxygens (including phenoxy) is 1. The maximum atomic E-state index is 10.8. The van der Waals surface area contributed by atoms with E-state index in [2.05, 4.69) is 35.0 Å². The smallest absolute Gasteiger partial charge is 0.128 e. The summed E-state index contributed by atoms with van der Waals surface area (Å²) in [5.74, 6) is 0.853. The molecule has 0 aromatic heterocycles. The van der Waals surface area contributed by atoms with E-state index >= 15 is 0 Å². The molecule has 1 unspecified atom stereocenters. The largest absolute Gasteiger partial charge is 0.493 e. The van der Waals surface area contributed by atoms with Gasteiger partial charge in [0.2, 0.25) is 0 Å². The molecular weight excluding hydrogens is 316 g/mol. The van der Waals surface area contributed by atoms with Crippen LogP contribution in [0.2, 0.25) is 0 Å². The van der Waals surface area contributed by atoms with Crippen LogP contribution >= 0.6 is 15.9 Å². The summed E-state index contributed by atoms with van der Waals surface area (Å²) < 4.78 is 6.71. The molecule has 3 heteroatoms. The van der Waals surface area contributed by atoms with Crippen molar-refractivity contribution in [2.24, 2.45) is 0 Å². The first-order chi connectivity index (χ1) is 9.70. The Balaban J connectivity index is 2.09. The molecule has 0 radical (unpaired) electrons. The number of fused-ring (bicyclic) bond motifs is 1. The van der Waals surface area contributed by atoms with E-state index in [4.69, 9.17) is 4.74 Å². The van der Waals surface area contributed by atoms with Gasteiger partial charge in [-0.25, -0.2) is 0 Å². The maximum absolute atomic E-state index is 10.8. The first-order valence-electron chi connectivity index (χ1n) is 6.91. The molecule has 0 saturated carbocycles. The Bertz CT molecular complexity index is 637. The van der Waals surface area contributed by atoms with E-state index in [9.17, 15) is 5.11 Å². The Morgan fingerprint density at radius 3 is 2.85 bits per heavy atom. The average Bonchev–Trinajstić information content (AvgIpc) is 2.93. The second-order valence-electron chi connectivity index (χ2n) is 5.04. The topological polar surface area (TPSA) is 29.5 Å². The van der Waals surface area contributed by atoms with Gasteiger partial charge >= 0.3 is 0 Å².